The van der Waals surface area contributed by atoms with Crippen molar-refractivity contribution in [1.29, 1.82) is 0 Å². The van der Waals surface area contributed by atoms with Crippen molar-refractivity contribution in [2.24, 2.45) is 5.92 Å². The first kappa shape index (κ1) is 26.6. The number of benzene rings is 1. The standard InChI is InChI=1S/C27H39N3O6/c1-3-35-25(33)21(11-7-4-8-18-12-14-28-15-13-18)29-27(2)26(34)36-24-20-10-6-5-9-19(20)16-22(24)30(27)17-23(31)32/h5-6,9-10,18,21-22,24,28-29H,3-4,7-8,11-17H2,1-2H3,(H,31,32)/t21-,22?,24?,27?/m1/s1. The highest BCUT2D eigenvalue weighted by Crippen LogP contribution is 2.43. The molecule has 0 amide bonds. The van der Waals surface area contributed by atoms with E-state index in [2.05, 4.69) is 10.6 Å². The van der Waals surface area contributed by atoms with Crippen LogP contribution < -0.4 is 10.6 Å². The third-order valence-electron chi connectivity index (χ3n) is 7.89. The third-order valence-corrected chi connectivity index (χ3v) is 7.89. The summed E-state index contributed by atoms with van der Waals surface area (Å²) in [6, 6.07) is 6.64. The van der Waals surface area contributed by atoms with E-state index < -0.39 is 35.7 Å². The summed E-state index contributed by atoms with van der Waals surface area (Å²) in [5.41, 5.74) is 0.474. The van der Waals surface area contributed by atoms with Crippen molar-refractivity contribution in [1.82, 2.24) is 15.5 Å². The van der Waals surface area contributed by atoms with E-state index in [1.165, 1.54) is 12.8 Å². The molecule has 3 unspecified atom stereocenters. The molecule has 0 bridgehead atoms. The molecule has 0 spiro atoms. The second kappa shape index (κ2) is 11.7. The number of morpholine rings is 1. The van der Waals surface area contributed by atoms with Crippen molar-refractivity contribution in [3.05, 3.63) is 35.4 Å². The first-order valence-electron chi connectivity index (χ1n) is 13.3. The summed E-state index contributed by atoms with van der Waals surface area (Å²) in [7, 11) is 0. The van der Waals surface area contributed by atoms with E-state index in [1.807, 2.05) is 24.3 Å². The van der Waals surface area contributed by atoms with Crippen molar-refractivity contribution in [3.63, 3.8) is 0 Å². The fourth-order valence-corrected chi connectivity index (χ4v) is 5.98. The number of nitrogens with one attached hydrogen (secondary N) is 2. The summed E-state index contributed by atoms with van der Waals surface area (Å²) in [4.78, 5) is 39.9. The summed E-state index contributed by atoms with van der Waals surface area (Å²) < 4.78 is 11.2. The minimum atomic E-state index is -1.48. The van der Waals surface area contributed by atoms with Gasteiger partial charge >= 0.3 is 17.9 Å². The molecule has 2 saturated heterocycles. The fraction of sp³-hybridized carbons (Fsp3) is 0.667. The van der Waals surface area contributed by atoms with Crippen molar-refractivity contribution in [3.8, 4) is 0 Å². The summed E-state index contributed by atoms with van der Waals surface area (Å²) >= 11 is 0. The predicted molar refractivity (Wildman–Crippen MR) is 133 cm³/mol. The van der Waals surface area contributed by atoms with E-state index in [0.717, 1.165) is 43.5 Å². The number of aliphatic carboxylic acids is 1. The highest BCUT2D eigenvalue weighted by atomic mass is 16.6. The number of carbonyl (C=O) groups is 3. The van der Waals surface area contributed by atoms with Gasteiger partial charge < -0.3 is 19.9 Å². The van der Waals surface area contributed by atoms with Gasteiger partial charge in [0.2, 0.25) is 0 Å². The van der Waals surface area contributed by atoms with Gasteiger partial charge in [0, 0.05) is 0 Å². The number of nitrogens with zero attached hydrogens (tertiary/aromatic N) is 1. The molecule has 1 aromatic rings. The van der Waals surface area contributed by atoms with Crippen LogP contribution in [-0.2, 0) is 30.3 Å². The maximum atomic E-state index is 13.4. The first-order valence-corrected chi connectivity index (χ1v) is 13.3. The lowest BCUT2D eigenvalue weighted by Crippen LogP contribution is -2.72. The highest BCUT2D eigenvalue weighted by molar-refractivity contribution is 5.84. The van der Waals surface area contributed by atoms with Crippen LogP contribution in [0.5, 0.6) is 0 Å². The minimum absolute atomic E-state index is 0.228. The SMILES string of the molecule is CCOC(=O)[C@@H](CCCCC1CCNCC1)NC1(C)C(=O)OC2c3ccccc3CC2N1CC(=O)O. The van der Waals surface area contributed by atoms with Crippen LogP contribution in [0.1, 0.15) is 69.6 Å². The molecule has 1 aromatic carbocycles. The zero-order valence-corrected chi connectivity index (χ0v) is 21.3. The van der Waals surface area contributed by atoms with E-state index in [0.29, 0.717) is 18.8 Å². The van der Waals surface area contributed by atoms with Crippen LogP contribution in [0.2, 0.25) is 0 Å². The maximum absolute atomic E-state index is 13.4. The Hall–Kier alpha value is -2.49. The zero-order valence-electron chi connectivity index (χ0n) is 21.3. The fourth-order valence-electron chi connectivity index (χ4n) is 5.98. The van der Waals surface area contributed by atoms with Gasteiger partial charge in [-0.3, -0.25) is 19.8 Å². The van der Waals surface area contributed by atoms with Crippen molar-refractivity contribution in [2.45, 2.75) is 82.6 Å². The second-order valence-electron chi connectivity index (χ2n) is 10.3. The Bertz CT molecular complexity index is 949. The quantitative estimate of drug-likeness (QED) is 0.310. The topological polar surface area (TPSA) is 117 Å². The van der Waals surface area contributed by atoms with E-state index in [1.54, 1.807) is 18.7 Å². The zero-order chi connectivity index (χ0) is 25.7. The number of piperidine rings is 1. The predicted octanol–water partition coefficient (Wildman–Crippen LogP) is 2.39. The van der Waals surface area contributed by atoms with Gasteiger partial charge in [-0.05, 0) is 69.7 Å². The Morgan fingerprint density at radius 2 is 2.03 bits per heavy atom. The number of fused-ring (bicyclic) bond motifs is 3. The van der Waals surface area contributed by atoms with E-state index in [9.17, 15) is 19.5 Å². The molecule has 0 aromatic heterocycles. The smallest absolute Gasteiger partial charge is 0.342 e. The molecule has 198 valence electrons. The van der Waals surface area contributed by atoms with Crippen LogP contribution in [-0.4, -0.2) is 71.9 Å². The Labute approximate surface area is 212 Å². The summed E-state index contributed by atoms with van der Waals surface area (Å²) in [6.07, 6.45) is 5.81. The number of ether oxygens (including phenoxy) is 2. The Morgan fingerprint density at radius 1 is 1.28 bits per heavy atom. The summed E-state index contributed by atoms with van der Waals surface area (Å²) in [5, 5.41) is 16.3. The Kier molecular flexibility index (Phi) is 8.64. The molecule has 4 rings (SSSR count). The molecule has 9 nitrogen and oxygen atoms in total. The average molecular weight is 502 g/mol. The molecule has 36 heavy (non-hydrogen) atoms. The lowest BCUT2D eigenvalue weighted by atomic mass is 9.91. The average Bonchev–Trinajstić information content (AvgIpc) is 3.22. The molecule has 0 radical (unpaired) electrons. The van der Waals surface area contributed by atoms with E-state index >= 15 is 0 Å². The molecule has 3 N–H and O–H groups in total. The van der Waals surface area contributed by atoms with Crippen molar-refractivity contribution >= 4 is 17.9 Å². The second-order valence-corrected chi connectivity index (χ2v) is 10.3. The molecule has 4 atom stereocenters. The monoisotopic (exact) mass is 501 g/mol. The number of carbonyl (C=O) groups excluding carboxylic acids is 2. The molecule has 0 saturated carbocycles. The lowest BCUT2D eigenvalue weighted by molar-refractivity contribution is -0.193. The molecule has 2 fully saturated rings. The lowest BCUT2D eigenvalue weighted by Gasteiger charge is -2.49. The largest absolute Gasteiger partial charge is 0.480 e. The summed E-state index contributed by atoms with van der Waals surface area (Å²) in [6.45, 7) is 5.37. The molecule has 2 aliphatic heterocycles. The van der Waals surface area contributed by atoms with E-state index in [-0.39, 0.29) is 19.2 Å². The molecule has 3 aliphatic rings. The van der Waals surface area contributed by atoms with Gasteiger partial charge in [-0.2, -0.15) is 0 Å². The Balaban J connectivity index is 1.50. The first-order chi connectivity index (χ1) is 17.3. The van der Waals surface area contributed by atoms with Gasteiger partial charge in [0.15, 0.2) is 5.66 Å². The summed E-state index contributed by atoms with van der Waals surface area (Å²) in [5.74, 6) is -1.34. The number of carboxylic acids is 1. The van der Waals surface area contributed by atoms with Crippen LogP contribution in [0.15, 0.2) is 24.3 Å². The number of hydrogen-bond donors (Lipinski definition) is 3. The third kappa shape index (κ3) is 5.74. The van der Waals surface area contributed by atoms with Crippen LogP contribution in [0.25, 0.3) is 0 Å². The highest BCUT2D eigenvalue weighted by Gasteiger charge is 2.56. The number of unbranched alkanes of at least 4 members (excludes halogenated alkanes) is 1. The molecule has 9 heteroatoms. The van der Waals surface area contributed by atoms with Gasteiger partial charge in [-0.15, -0.1) is 0 Å². The van der Waals surface area contributed by atoms with Gasteiger partial charge in [-0.25, -0.2) is 4.79 Å². The van der Waals surface area contributed by atoms with Crippen LogP contribution in [0, 0.1) is 5.92 Å². The van der Waals surface area contributed by atoms with Gasteiger partial charge in [-0.1, -0.05) is 43.5 Å². The molecular formula is C27H39N3O6. The van der Waals surface area contributed by atoms with Gasteiger partial charge in [0.05, 0.1) is 19.2 Å². The van der Waals surface area contributed by atoms with Crippen LogP contribution >= 0.6 is 0 Å². The number of hydrogen-bond acceptors (Lipinski definition) is 8. The van der Waals surface area contributed by atoms with Crippen LogP contribution in [0.4, 0.5) is 0 Å². The van der Waals surface area contributed by atoms with Gasteiger partial charge in [0.1, 0.15) is 12.1 Å². The molecule has 1 aliphatic carbocycles. The van der Waals surface area contributed by atoms with Crippen molar-refractivity contribution in [2.75, 3.05) is 26.2 Å². The van der Waals surface area contributed by atoms with E-state index in [4.69, 9.17) is 9.47 Å². The Morgan fingerprint density at radius 3 is 2.75 bits per heavy atom. The molecular weight excluding hydrogens is 462 g/mol. The normalized spacial score (nSPS) is 27.1. The number of carboxylic acid groups (broad SMARTS) is 1. The van der Waals surface area contributed by atoms with Crippen molar-refractivity contribution < 1.29 is 29.0 Å². The van der Waals surface area contributed by atoms with Gasteiger partial charge in [0.25, 0.3) is 0 Å². The maximum Gasteiger partial charge on any atom is 0.342 e. The molecule has 2 heterocycles. The van der Waals surface area contributed by atoms with Crippen LogP contribution in [0.3, 0.4) is 0 Å². The number of esters is 2. The number of rotatable bonds is 11. The minimum Gasteiger partial charge on any atom is -0.480 e.